The van der Waals surface area contributed by atoms with Gasteiger partial charge in [-0.3, -0.25) is 29.0 Å². The lowest BCUT2D eigenvalue weighted by molar-refractivity contribution is 0.0572. The van der Waals surface area contributed by atoms with E-state index in [1.165, 1.54) is 137 Å². The molecule has 0 bridgehead atoms. The second kappa shape index (κ2) is 24.9. The van der Waals surface area contributed by atoms with Gasteiger partial charge in [0.25, 0.3) is 23.6 Å². The smallest absolute Gasteiger partial charge is 0.261 e. The minimum atomic E-state index is -0.185. The van der Waals surface area contributed by atoms with Crippen molar-refractivity contribution in [1.29, 1.82) is 0 Å². The number of nitrogens with zero attached hydrogens (tertiary/aromatic N) is 6. The molecule has 0 spiro atoms. The normalized spacial score (nSPS) is 14.5. The Morgan fingerprint density at radius 2 is 0.660 bits per heavy atom. The highest BCUT2D eigenvalue weighted by Crippen LogP contribution is 2.58. The molecule has 2 aliphatic carbocycles. The van der Waals surface area contributed by atoms with Crippen LogP contribution in [-0.2, 0) is 12.8 Å². The van der Waals surface area contributed by atoms with E-state index in [0.717, 1.165) is 189 Å². The third-order valence-electron chi connectivity index (χ3n) is 21.4. The van der Waals surface area contributed by atoms with Crippen LogP contribution in [0.15, 0.2) is 84.9 Å². The van der Waals surface area contributed by atoms with Crippen molar-refractivity contribution in [1.82, 2.24) is 27.3 Å². The van der Waals surface area contributed by atoms with E-state index in [1.54, 1.807) is 0 Å². The Hall–Kier alpha value is -7.62. The van der Waals surface area contributed by atoms with Gasteiger partial charge in [-0.15, -0.1) is 22.7 Å². The number of fused-ring (bicyclic) bond motifs is 19. The predicted octanol–water partition coefficient (Wildman–Crippen LogP) is 23.1. The highest BCUT2D eigenvalue weighted by molar-refractivity contribution is 7.25. The molecule has 0 saturated carbocycles. The zero-order chi connectivity index (χ0) is 64.2. The van der Waals surface area contributed by atoms with Crippen molar-refractivity contribution >= 4 is 144 Å². The Labute approximate surface area is 565 Å². The molecule has 94 heavy (non-hydrogen) atoms. The van der Waals surface area contributed by atoms with E-state index in [9.17, 15) is 19.2 Å². The van der Waals surface area contributed by atoms with E-state index in [4.69, 9.17) is 17.5 Å². The molecule has 8 aromatic carbocycles. The molecular formula is C80H78N6O4S4. The molecule has 0 radical (unpaired) electrons. The van der Waals surface area contributed by atoms with Gasteiger partial charge in [-0.2, -0.15) is 17.5 Å². The summed E-state index contributed by atoms with van der Waals surface area (Å²) in [4.78, 5) is 62.5. The zero-order valence-corrected chi connectivity index (χ0v) is 58.0. The number of benzene rings is 8. The first kappa shape index (κ1) is 61.3. The van der Waals surface area contributed by atoms with Crippen molar-refractivity contribution in [2.75, 3.05) is 0 Å². The van der Waals surface area contributed by atoms with E-state index in [2.05, 4.69) is 88.4 Å². The Kier molecular flexibility index (Phi) is 16.2. The molecular weight excluding hydrogens is 1240 g/mol. The molecule has 2 unspecified atom stereocenters. The molecule has 4 aliphatic rings. The van der Waals surface area contributed by atoms with Crippen molar-refractivity contribution in [3.05, 3.63) is 118 Å². The topological polar surface area (TPSA) is 126 Å². The van der Waals surface area contributed by atoms with Crippen LogP contribution >= 0.6 is 46.1 Å². The van der Waals surface area contributed by atoms with Gasteiger partial charge in [-0.05, 0) is 165 Å². The standard InChI is InChI=1S/C80H78N6O4S4/c1-7-11-15-17-19-23-29-53-65-69-71(83-93-81-69)68-67(75(65)91-73(53)51-37-35-49-57-41-61-59(39-55(57)47-33-25-31-45(51)63(47)49)77(87)85(79(61)89)43(5)27-21-13-9-3)72-70(82-94-84-72)66-54(30-24-20-18-16-12-8-2)74(92-76(66)68)52-38-36-50-58-42-62-60(40-56(58)48-34-26-32-46(52)64(48)50)78(88)86(80(62)90)44(6)28-22-14-10-4/h25-26,31-44H,7-24,27-30H2,1-6H3. The minimum Gasteiger partial charge on any atom is -0.272 e. The first-order valence-corrected chi connectivity index (χ1v) is 38.1. The number of rotatable bonds is 26. The number of hydrogen-bond acceptors (Lipinski definition) is 12. The van der Waals surface area contributed by atoms with Gasteiger partial charge < -0.3 is 0 Å². The van der Waals surface area contributed by atoms with Gasteiger partial charge in [0.1, 0.15) is 22.1 Å². The summed E-state index contributed by atoms with van der Waals surface area (Å²) in [6.07, 6.45) is 23.8. The summed E-state index contributed by atoms with van der Waals surface area (Å²) in [6, 6.07) is 30.1. The molecule has 4 amide bonds. The van der Waals surface area contributed by atoms with Crippen LogP contribution in [0.1, 0.15) is 223 Å². The number of hydrogen-bond donors (Lipinski definition) is 0. The van der Waals surface area contributed by atoms with Crippen molar-refractivity contribution in [2.24, 2.45) is 0 Å². The highest BCUT2D eigenvalue weighted by Gasteiger charge is 2.43. The lowest BCUT2D eigenvalue weighted by Crippen LogP contribution is -2.37. The molecule has 16 rings (SSSR count). The van der Waals surface area contributed by atoms with E-state index < -0.39 is 0 Å². The largest absolute Gasteiger partial charge is 0.272 e. The summed E-state index contributed by atoms with van der Waals surface area (Å²) in [5, 5.41) is 9.17. The summed E-state index contributed by atoms with van der Waals surface area (Å²) in [6.45, 7) is 12.9. The number of thiophene rings is 2. The number of carbonyl (C=O) groups excluding carboxylic acids is 4. The first-order chi connectivity index (χ1) is 46.1. The number of aryl methyl sites for hydroxylation is 2. The summed E-state index contributed by atoms with van der Waals surface area (Å²) < 4.78 is 23.7. The van der Waals surface area contributed by atoms with Crippen LogP contribution in [-0.4, -0.2) is 63.0 Å². The number of unbranched alkanes of at least 4 members (excludes halogenated alkanes) is 14. The molecule has 476 valence electrons. The van der Waals surface area contributed by atoms with Gasteiger partial charge in [0.15, 0.2) is 0 Å². The molecule has 4 aromatic heterocycles. The van der Waals surface area contributed by atoms with Crippen LogP contribution in [0.25, 0.3) is 140 Å². The fraction of sp³-hybridized carbons (Fsp3) is 0.375. The van der Waals surface area contributed by atoms with Gasteiger partial charge in [0.05, 0.1) is 45.7 Å². The van der Waals surface area contributed by atoms with Crippen LogP contribution in [0, 0.1) is 0 Å². The average Bonchev–Trinajstić information content (AvgIpc) is 1.52. The highest BCUT2D eigenvalue weighted by atomic mass is 32.1. The Morgan fingerprint density at radius 3 is 1.03 bits per heavy atom. The molecule has 2 aliphatic heterocycles. The minimum absolute atomic E-state index is 0.165. The second-order valence-electron chi connectivity index (χ2n) is 27.3. The second-order valence-corrected chi connectivity index (χ2v) is 30.3. The Balaban J connectivity index is 0.867. The Bertz CT molecular complexity index is 4740. The van der Waals surface area contributed by atoms with Gasteiger partial charge in [0, 0.05) is 52.8 Å². The summed E-state index contributed by atoms with van der Waals surface area (Å²) >= 11 is 6.35. The fourth-order valence-electron chi connectivity index (χ4n) is 16.6. The molecule has 10 nitrogen and oxygen atoms in total. The van der Waals surface area contributed by atoms with E-state index in [-0.39, 0.29) is 35.7 Å². The van der Waals surface area contributed by atoms with Gasteiger partial charge in [0.2, 0.25) is 0 Å². The maximum atomic E-state index is 14.3. The molecule has 14 heteroatoms. The molecule has 0 saturated heterocycles. The number of aromatic nitrogens is 4. The van der Waals surface area contributed by atoms with E-state index in [1.807, 2.05) is 60.8 Å². The lowest BCUT2D eigenvalue weighted by Gasteiger charge is -2.22. The molecule has 0 N–H and O–H groups in total. The SMILES string of the molecule is CCCCCCCCc1c(-c2ccc3c4c(cccc24)-c2cc4c(cc2-3)C(=O)N(C(C)CCCCC)C4=O)sc2c1c1nsnc1c1c3sc(-c4ccc5c6c(cccc46)-c4cc6c(cc4-5)C(=O)N(C(C)CCCCC)C6=O)c(CCCCCCCC)c3c3nsnc3c21. The number of carbonyl (C=O) groups is 4. The van der Waals surface area contributed by atoms with Crippen LogP contribution in [0.2, 0.25) is 0 Å². The fourth-order valence-corrected chi connectivity index (χ4v) is 20.6. The monoisotopic (exact) mass is 1310 g/mol. The summed E-state index contributed by atoms with van der Waals surface area (Å²) in [5.41, 5.74) is 19.1. The van der Waals surface area contributed by atoms with Crippen molar-refractivity contribution < 1.29 is 19.2 Å². The molecule has 0 fully saturated rings. The van der Waals surface area contributed by atoms with E-state index >= 15 is 0 Å². The van der Waals surface area contributed by atoms with Gasteiger partial charge in [-0.1, -0.05) is 191 Å². The Morgan fingerprint density at radius 1 is 0.340 bits per heavy atom. The number of amides is 4. The summed E-state index contributed by atoms with van der Waals surface area (Å²) in [5.74, 6) is -0.740. The molecule has 12 aromatic rings. The van der Waals surface area contributed by atoms with Crippen molar-refractivity contribution in [2.45, 2.75) is 195 Å². The van der Waals surface area contributed by atoms with Crippen molar-refractivity contribution in [3.63, 3.8) is 0 Å². The average molecular weight is 1320 g/mol. The third-order valence-corrected chi connectivity index (χ3v) is 25.0. The third kappa shape index (κ3) is 9.51. The van der Waals surface area contributed by atoms with Crippen LogP contribution in [0.3, 0.4) is 0 Å². The maximum Gasteiger partial charge on any atom is 0.261 e. The predicted molar refractivity (Wildman–Crippen MR) is 394 cm³/mol. The van der Waals surface area contributed by atoms with Crippen LogP contribution in [0.4, 0.5) is 0 Å². The summed E-state index contributed by atoms with van der Waals surface area (Å²) in [7, 11) is 0. The van der Waals surface area contributed by atoms with Gasteiger partial charge >= 0.3 is 0 Å². The van der Waals surface area contributed by atoms with E-state index in [0.29, 0.717) is 22.3 Å². The van der Waals surface area contributed by atoms with Gasteiger partial charge in [-0.25, -0.2) is 0 Å². The zero-order valence-electron chi connectivity index (χ0n) is 54.7. The molecule has 6 heterocycles. The quantitative estimate of drug-likeness (QED) is 0.0388. The first-order valence-electron chi connectivity index (χ1n) is 35.0. The van der Waals surface area contributed by atoms with Crippen LogP contribution in [0.5, 0.6) is 0 Å². The number of imide groups is 2. The van der Waals surface area contributed by atoms with Crippen LogP contribution < -0.4 is 0 Å². The maximum absolute atomic E-state index is 14.3. The lowest BCUT2D eigenvalue weighted by atomic mass is 9.91. The van der Waals surface area contributed by atoms with Crippen molar-refractivity contribution in [3.8, 4) is 65.4 Å². The molecule has 2 atom stereocenters.